The Bertz CT molecular complexity index is 1310. The number of nitrogens with zero attached hydrogens (tertiary/aromatic N) is 3. The molecule has 10 heteroatoms. The van der Waals surface area contributed by atoms with Gasteiger partial charge in [-0.25, -0.2) is 4.98 Å². The summed E-state index contributed by atoms with van der Waals surface area (Å²) in [5.74, 6) is -0.318. The zero-order valence-corrected chi connectivity index (χ0v) is 21.8. The number of hydrogen-bond donors (Lipinski definition) is 2. The molecular formula is C29H32N4O6. The van der Waals surface area contributed by atoms with Crippen LogP contribution in [0.25, 0.3) is 0 Å². The van der Waals surface area contributed by atoms with Crippen molar-refractivity contribution in [2.24, 2.45) is 0 Å². The van der Waals surface area contributed by atoms with E-state index < -0.39 is 24.3 Å². The van der Waals surface area contributed by atoms with Gasteiger partial charge in [0.2, 0.25) is 5.91 Å². The average molecular weight is 533 g/mol. The molecule has 39 heavy (non-hydrogen) atoms. The van der Waals surface area contributed by atoms with Crippen molar-refractivity contribution in [3.05, 3.63) is 78.0 Å². The van der Waals surface area contributed by atoms with Crippen molar-refractivity contribution in [1.82, 2.24) is 14.8 Å². The van der Waals surface area contributed by atoms with Crippen molar-refractivity contribution >= 4 is 29.3 Å². The van der Waals surface area contributed by atoms with Gasteiger partial charge >= 0.3 is 5.97 Å². The number of carboxylic acid groups (broad SMARTS) is 1. The number of aliphatic carboxylic acids is 1. The van der Waals surface area contributed by atoms with Crippen molar-refractivity contribution in [3.63, 3.8) is 0 Å². The fourth-order valence-electron chi connectivity index (χ4n) is 4.33. The van der Waals surface area contributed by atoms with Gasteiger partial charge in [0, 0.05) is 18.7 Å². The van der Waals surface area contributed by atoms with Gasteiger partial charge in [0.15, 0.2) is 0 Å². The molecule has 2 aromatic carbocycles. The van der Waals surface area contributed by atoms with E-state index in [0.717, 1.165) is 18.5 Å². The van der Waals surface area contributed by atoms with Gasteiger partial charge < -0.3 is 29.7 Å². The van der Waals surface area contributed by atoms with Crippen LogP contribution in [0.1, 0.15) is 35.3 Å². The maximum Gasteiger partial charge on any atom is 0.323 e. The van der Waals surface area contributed by atoms with Crippen LogP contribution >= 0.6 is 0 Å². The van der Waals surface area contributed by atoms with E-state index in [1.54, 1.807) is 42.5 Å². The number of fused-ring (bicyclic) bond motifs is 3. The molecule has 0 spiro atoms. The Hall–Kier alpha value is -4.60. The molecule has 2 heterocycles. The zero-order valence-electron chi connectivity index (χ0n) is 21.8. The molecule has 0 aliphatic carbocycles. The van der Waals surface area contributed by atoms with Gasteiger partial charge in [-0.2, -0.15) is 0 Å². The molecule has 1 aliphatic heterocycles. The number of benzene rings is 2. The Balaban J connectivity index is 1.57. The molecule has 0 saturated carbocycles. The summed E-state index contributed by atoms with van der Waals surface area (Å²) in [5, 5.41) is 12.7. The van der Waals surface area contributed by atoms with Crippen LogP contribution in [0, 0.1) is 0 Å². The lowest BCUT2D eigenvalue weighted by molar-refractivity contribution is -0.145. The first-order chi connectivity index (χ1) is 18.9. The van der Waals surface area contributed by atoms with Crippen LogP contribution in [0.15, 0.2) is 66.7 Å². The highest BCUT2D eigenvalue weighted by Crippen LogP contribution is 2.27. The minimum absolute atomic E-state index is 0.0333. The van der Waals surface area contributed by atoms with Crippen LogP contribution in [0.4, 0.5) is 11.5 Å². The van der Waals surface area contributed by atoms with Crippen molar-refractivity contribution in [2.75, 3.05) is 38.7 Å². The normalized spacial score (nSPS) is 13.8. The number of carbonyl (C=O) groups is 3. The second-order valence-corrected chi connectivity index (χ2v) is 9.12. The number of para-hydroxylation sites is 3. The van der Waals surface area contributed by atoms with Gasteiger partial charge in [-0.3, -0.25) is 14.4 Å². The third-order valence-corrected chi connectivity index (χ3v) is 6.29. The molecule has 2 amide bonds. The first kappa shape index (κ1) is 27.4. The molecule has 0 unspecified atom stereocenters. The van der Waals surface area contributed by atoms with E-state index in [2.05, 4.69) is 10.3 Å². The molecular weight excluding hydrogens is 500 g/mol. The lowest BCUT2D eigenvalue weighted by atomic mass is 10.1. The van der Waals surface area contributed by atoms with E-state index >= 15 is 0 Å². The molecule has 3 aromatic rings. The first-order valence-electron chi connectivity index (χ1n) is 12.8. The van der Waals surface area contributed by atoms with Crippen LogP contribution in [0.3, 0.4) is 0 Å². The summed E-state index contributed by atoms with van der Waals surface area (Å²) >= 11 is 0. The Morgan fingerprint density at radius 1 is 1.05 bits per heavy atom. The van der Waals surface area contributed by atoms with Crippen LogP contribution in [0.5, 0.6) is 11.5 Å². The molecule has 0 fully saturated rings. The number of pyridine rings is 1. The van der Waals surface area contributed by atoms with Gasteiger partial charge in [0.05, 0.1) is 19.4 Å². The summed E-state index contributed by atoms with van der Waals surface area (Å²) in [7, 11) is 1.52. The molecule has 204 valence electrons. The monoisotopic (exact) mass is 532 g/mol. The van der Waals surface area contributed by atoms with E-state index in [-0.39, 0.29) is 18.8 Å². The van der Waals surface area contributed by atoms with Crippen LogP contribution in [-0.2, 0) is 16.1 Å². The maximum absolute atomic E-state index is 13.6. The van der Waals surface area contributed by atoms with Crippen LogP contribution in [0.2, 0.25) is 0 Å². The Morgan fingerprint density at radius 2 is 1.85 bits per heavy atom. The number of methoxy groups -OCH3 is 1. The van der Waals surface area contributed by atoms with Gasteiger partial charge in [-0.1, -0.05) is 36.4 Å². The van der Waals surface area contributed by atoms with Crippen molar-refractivity contribution in [2.45, 2.75) is 25.8 Å². The molecule has 10 nitrogen and oxygen atoms in total. The van der Waals surface area contributed by atoms with Gasteiger partial charge in [-0.15, -0.1) is 0 Å². The second kappa shape index (κ2) is 13.3. The largest absolute Gasteiger partial charge is 0.496 e. The summed E-state index contributed by atoms with van der Waals surface area (Å²) in [6.07, 6.45) is 2.20. The minimum Gasteiger partial charge on any atom is -0.496 e. The summed E-state index contributed by atoms with van der Waals surface area (Å²) in [5.41, 5.74) is 1.58. The predicted molar refractivity (Wildman–Crippen MR) is 145 cm³/mol. The number of amides is 2. The molecule has 4 rings (SSSR count). The smallest absolute Gasteiger partial charge is 0.323 e. The van der Waals surface area contributed by atoms with E-state index in [1.807, 2.05) is 24.3 Å². The SMILES string of the molecule is COc1ccccc1CN(CC(=O)O)C(=O)CN1CCCCCOc2ccccc2Nc2cccc(n2)C1=O. The third kappa shape index (κ3) is 7.47. The zero-order chi connectivity index (χ0) is 27.6. The number of aromatic nitrogens is 1. The highest BCUT2D eigenvalue weighted by molar-refractivity contribution is 5.95. The molecule has 0 saturated heterocycles. The highest BCUT2D eigenvalue weighted by atomic mass is 16.5. The Kier molecular flexibility index (Phi) is 9.34. The predicted octanol–water partition coefficient (Wildman–Crippen LogP) is 3.95. The average Bonchev–Trinajstić information content (AvgIpc) is 2.94. The summed E-state index contributed by atoms with van der Waals surface area (Å²) in [4.78, 5) is 45.7. The number of hydrogen-bond acceptors (Lipinski definition) is 7. The number of ether oxygens (including phenoxy) is 2. The quantitative estimate of drug-likeness (QED) is 0.469. The fourth-order valence-corrected chi connectivity index (χ4v) is 4.33. The third-order valence-electron chi connectivity index (χ3n) is 6.29. The Labute approximate surface area is 227 Å². The topological polar surface area (TPSA) is 121 Å². The standard InChI is InChI=1S/C29H32N4O6/c1-38-24-13-5-3-10-21(24)18-33(20-28(35)36)27(34)19-32-16-7-2-8-17-39-25-14-6-4-11-22(25)30-26-15-9-12-23(31-26)29(32)37/h3-6,9-15H,2,7-8,16-20H2,1H3,(H,30,31)(H,35,36). The van der Waals surface area contributed by atoms with Crippen LogP contribution in [-0.4, -0.2) is 71.0 Å². The van der Waals surface area contributed by atoms with E-state index in [4.69, 9.17) is 9.47 Å². The molecule has 1 aromatic heterocycles. The molecule has 2 N–H and O–H groups in total. The van der Waals surface area contributed by atoms with E-state index in [0.29, 0.717) is 42.5 Å². The molecule has 0 radical (unpaired) electrons. The van der Waals surface area contributed by atoms with E-state index in [9.17, 15) is 19.5 Å². The van der Waals surface area contributed by atoms with Crippen molar-refractivity contribution in [1.29, 1.82) is 0 Å². The van der Waals surface area contributed by atoms with Crippen molar-refractivity contribution < 1.29 is 29.0 Å². The number of carbonyl (C=O) groups excluding carboxylic acids is 2. The number of nitrogens with one attached hydrogen (secondary N) is 1. The van der Waals surface area contributed by atoms with E-state index in [1.165, 1.54) is 16.9 Å². The summed E-state index contributed by atoms with van der Waals surface area (Å²) < 4.78 is 11.3. The summed E-state index contributed by atoms with van der Waals surface area (Å²) in [6.45, 7) is 0.0687. The van der Waals surface area contributed by atoms with Gasteiger partial charge in [0.25, 0.3) is 5.91 Å². The lowest BCUT2D eigenvalue weighted by Crippen LogP contribution is -2.45. The lowest BCUT2D eigenvalue weighted by Gasteiger charge is -2.27. The fraction of sp³-hybridized carbons (Fsp3) is 0.310. The molecule has 0 atom stereocenters. The minimum atomic E-state index is -1.15. The number of anilines is 2. The van der Waals surface area contributed by atoms with Gasteiger partial charge in [0.1, 0.15) is 36.1 Å². The number of carboxylic acids is 1. The molecule has 1 aliphatic rings. The first-order valence-corrected chi connectivity index (χ1v) is 12.8. The maximum atomic E-state index is 13.6. The second-order valence-electron chi connectivity index (χ2n) is 9.12. The highest BCUT2D eigenvalue weighted by Gasteiger charge is 2.25. The molecule has 2 bridgehead atoms. The van der Waals surface area contributed by atoms with Gasteiger partial charge in [-0.05, 0) is 49.6 Å². The Morgan fingerprint density at radius 3 is 2.67 bits per heavy atom. The van der Waals surface area contributed by atoms with Crippen molar-refractivity contribution in [3.8, 4) is 11.5 Å². The number of rotatable bonds is 7. The summed E-state index contributed by atoms with van der Waals surface area (Å²) in [6, 6.07) is 19.7. The van der Waals surface area contributed by atoms with Crippen LogP contribution < -0.4 is 14.8 Å².